The third-order valence-corrected chi connectivity index (χ3v) is 2.40. The van der Waals surface area contributed by atoms with E-state index < -0.39 is 11.9 Å². The molecule has 0 atom stereocenters. The highest BCUT2D eigenvalue weighted by atomic mass is 16.5. The Kier molecular flexibility index (Phi) is 3.61. The first-order chi connectivity index (χ1) is 9.04. The van der Waals surface area contributed by atoms with Crippen molar-refractivity contribution in [2.45, 2.75) is 13.3 Å². The van der Waals surface area contributed by atoms with Gasteiger partial charge in [0.2, 0.25) is 0 Å². The standard InChI is InChI=1S/C13H12N2O4/c1-8-5-11(15-19-8)13(18)14-10-4-2-3-9(6-10)7-12(16)17/h2-6H,7H2,1H3,(H,14,18)(H,16,17). The van der Waals surface area contributed by atoms with Gasteiger partial charge in [0.1, 0.15) is 5.76 Å². The second kappa shape index (κ2) is 5.34. The van der Waals surface area contributed by atoms with Crippen molar-refractivity contribution >= 4 is 17.6 Å². The van der Waals surface area contributed by atoms with Gasteiger partial charge in [0.05, 0.1) is 6.42 Å². The number of aromatic nitrogens is 1. The van der Waals surface area contributed by atoms with Crippen molar-refractivity contribution in [2.75, 3.05) is 5.32 Å². The first-order valence-electron chi connectivity index (χ1n) is 5.60. The lowest BCUT2D eigenvalue weighted by molar-refractivity contribution is -0.136. The number of anilines is 1. The Bertz CT molecular complexity index is 619. The predicted octanol–water partition coefficient (Wildman–Crippen LogP) is 1.86. The van der Waals surface area contributed by atoms with E-state index in [4.69, 9.17) is 9.63 Å². The Balaban J connectivity index is 2.10. The third kappa shape index (κ3) is 3.41. The molecule has 0 saturated carbocycles. The molecule has 0 aliphatic carbocycles. The molecule has 1 amide bonds. The SMILES string of the molecule is Cc1cc(C(=O)Nc2cccc(CC(=O)O)c2)no1. The van der Waals surface area contributed by atoms with Crippen molar-refractivity contribution in [2.24, 2.45) is 0 Å². The number of nitrogens with one attached hydrogen (secondary N) is 1. The Hall–Kier alpha value is -2.63. The summed E-state index contributed by atoms with van der Waals surface area (Å²) in [6, 6.07) is 8.18. The maximum absolute atomic E-state index is 11.8. The van der Waals surface area contributed by atoms with E-state index in [-0.39, 0.29) is 12.1 Å². The van der Waals surface area contributed by atoms with Crippen LogP contribution in [0.2, 0.25) is 0 Å². The molecule has 2 aromatic rings. The van der Waals surface area contributed by atoms with Crippen molar-refractivity contribution in [3.05, 3.63) is 47.3 Å². The highest BCUT2D eigenvalue weighted by Gasteiger charge is 2.11. The van der Waals surface area contributed by atoms with Crippen molar-refractivity contribution in [3.8, 4) is 0 Å². The zero-order chi connectivity index (χ0) is 13.8. The largest absolute Gasteiger partial charge is 0.481 e. The molecule has 0 radical (unpaired) electrons. The number of rotatable bonds is 4. The summed E-state index contributed by atoms with van der Waals surface area (Å²) >= 11 is 0. The number of aliphatic carboxylic acids is 1. The molecule has 6 heteroatoms. The van der Waals surface area contributed by atoms with E-state index in [0.29, 0.717) is 17.0 Å². The van der Waals surface area contributed by atoms with E-state index in [2.05, 4.69) is 10.5 Å². The average molecular weight is 260 g/mol. The van der Waals surface area contributed by atoms with Crippen LogP contribution in [0.1, 0.15) is 21.8 Å². The Morgan fingerprint density at radius 2 is 2.16 bits per heavy atom. The van der Waals surface area contributed by atoms with Crippen LogP contribution in [-0.4, -0.2) is 22.1 Å². The third-order valence-electron chi connectivity index (χ3n) is 2.40. The summed E-state index contributed by atoms with van der Waals surface area (Å²) < 4.78 is 4.81. The molecule has 1 heterocycles. The number of carbonyl (C=O) groups excluding carboxylic acids is 1. The maximum atomic E-state index is 11.8. The number of aryl methyl sites for hydroxylation is 1. The van der Waals surface area contributed by atoms with Crippen LogP contribution in [0.15, 0.2) is 34.9 Å². The average Bonchev–Trinajstić information content (AvgIpc) is 2.75. The highest BCUT2D eigenvalue weighted by Crippen LogP contribution is 2.13. The van der Waals surface area contributed by atoms with Gasteiger partial charge >= 0.3 is 5.97 Å². The maximum Gasteiger partial charge on any atom is 0.307 e. The van der Waals surface area contributed by atoms with Gasteiger partial charge in [-0.2, -0.15) is 0 Å². The highest BCUT2D eigenvalue weighted by molar-refractivity contribution is 6.02. The molecule has 0 aliphatic heterocycles. The second-order valence-electron chi connectivity index (χ2n) is 4.05. The topological polar surface area (TPSA) is 92.4 Å². The van der Waals surface area contributed by atoms with Crippen LogP contribution >= 0.6 is 0 Å². The minimum Gasteiger partial charge on any atom is -0.481 e. The quantitative estimate of drug-likeness (QED) is 0.875. The lowest BCUT2D eigenvalue weighted by atomic mass is 10.1. The fraction of sp³-hybridized carbons (Fsp3) is 0.154. The Labute approximate surface area is 109 Å². The van der Waals surface area contributed by atoms with Gasteiger partial charge in [-0.25, -0.2) is 0 Å². The molecule has 98 valence electrons. The van der Waals surface area contributed by atoms with E-state index >= 15 is 0 Å². The van der Waals surface area contributed by atoms with E-state index in [1.165, 1.54) is 6.07 Å². The van der Waals surface area contributed by atoms with Gasteiger partial charge < -0.3 is 14.9 Å². The lowest BCUT2D eigenvalue weighted by Crippen LogP contribution is -2.12. The first kappa shape index (κ1) is 12.8. The van der Waals surface area contributed by atoms with E-state index in [1.807, 2.05) is 0 Å². The summed E-state index contributed by atoms with van der Waals surface area (Å²) in [5.41, 5.74) is 1.31. The normalized spacial score (nSPS) is 10.2. The molecule has 0 spiro atoms. The molecule has 1 aromatic heterocycles. The molecular weight excluding hydrogens is 248 g/mol. The van der Waals surface area contributed by atoms with Crippen LogP contribution in [0.3, 0.4) is 0 Å². The van der Waals surface area contributed by atoms with Gasteiger partial charge in [-0.1, -0.05) is 17.3 Å². The summed E-state index contributed by atoms with van der Waals surface area (Å²) in [5.74, 6) is -0.773. The van der Waals surface area contributed by atoms with E-state index in [9.17, 15) is 9.59 Å². The zero-order valence-electron chi connectivity index (χ0n) is 10.2. The summed E-state index contributed by atoms with van der Waals surface area (Å²) in [5, 5.41) is 14.9. The molecule has 0 fully saturated rings. The molecule has 2 rings (SSSR count). The Morgan fingerprint density at radius 1 is 1.37 bits per heavy atom. The summed E-state index contributed by atoms with van der Waals surface area (Å²) in [6.45, 7) is 1.69. The lowest BCUT2D eigenvalue weighted by Gasteiger charge is -2.04. The van der Waals surface area contributed by atoms with Gasteiger partial charge in [0, 0.05) is 11.8 Å². The molecule has 0 bridgehead atoms. The number of carbonyl (C=O) groups is 2. The molecular formula is C13H12N2O4. The van der Waals surface area contributed by atoms with Crippen LogP contribution < -0.4 is 5.32 Å². The molecule has 0 unspecified atom stereocenters. The van der Waals surface area contributed by atoms with Crippen molar-refractivity contribution in [1.29, 1.82) is 0 Å². The number of nitrogens with zero attached hydrogens (tertiary/aromatic N) is 1. The zero-order valence-corrected chi connectivity index (χ0v) is 10.2. The van der Waals surface area contributed by atoms with Crippen LogP contribution in [-0.2, 0) is 11.2 Å². The predicted molar refractivity (Wildman–Crippen MR) is 67.0 cm³/mol. The summed E-state index contributed by atoms with van der Waals surface area (Å²) in [4.78, 5) is 22.4. The number of amides is 1. The first-order valence-corrected chi connectivity index (χ1v) is 5.60. The van der Waals surface area contributed by atoms with Gasteiger partial charge in [-0.15, -0.1) is 0 Å². The van der Waals surface area contributed by atoms with Crippen LogP contribution in [0.25, 0.3) is 0 Å². The number of benzene rings is 1. The minimum atomic E-state index is -0.921. The molecule has 2 N–H and O–H groups in total. The Morgan fingerprint density at radius 3 is 2.79 bits per heavy atom. The summed E-state index contributed by atoms with van der Waals surface area (Å²) in [6.07, 6.45) is -0.0905. The molecule has 0 aliphatic rings. The number of hydrogen-bond acceptors (Lipinski definition) is 4. The fourth-order valence-electron chi connectivity index (χ4n) is 1.60. The van der Waals surface area contributed by atoms with Crippen molar-refractivity contribution in [1.82, 2.24) is 5.16 Å². The smallest absolute Gasteiger partial charge is 0.307 e. The van der Waals surface area contributed by atoms with E-state index in [0.717, 1.165) is 0 Å². The second-order valence-corrected chi connectivity index (χ2v) is 4.05. The molecule has 0 saturated heterocycles. The molecule has 1 aromatic carbocycles. The van der Waals surface area contributed by atoms with Gasteiger partial charge in [-0.3, -0.25) is 9.59 Å². The fourth-order valence-corrected chi connectivity index (χ4v) is 1.60. The van der Waals surface area contributed by atoms with Crippen molar-refractivity contribution < 1.29 is 19.2 Å². The van der Waals surface area contributed by atoms with Crippen LogP contribution in [0.4, 0.5) is 5.69 Å². The van der Waals surface area contributed by atoms with Crippen LogP contribution in [0.5, 0.6) is 0 Å². The van der Waals surface area contributed by atoms with Gasteiger partial charge in [-0.05, 0) is 24.6 Å². The number of hydrogen-bond donors (Lipinski definition) is 2. The number of carboxylic acid groups (broad SMARTS) is 1. The number of carboxylic acids is 1. The van der Waals surface area contributed by atoms with Gasteiger partial charge in [0.15, 0.2) is 5.69 Å². The van der Waals surface area contributed by atoms with E-state index in [1.54, 1.807) is 31.2 Å². The van der Waals surface area contributed by atoms with Crippen molar-refractivity contribution in [3.63, 3.8) is 0 Å². The summed E-state index contributed by atoms with van der Waals surface area (Å²) in [7, 11) is 0. The van der Waals surface area contributed by atoms with Gasteiger partial charge in [0.25, 0.3) is 5.91 Å². The monoisotopic (exact) mass is 260 g/mol. The minimum absolute atomic E-state index is 0.0905. The molecule has 19 heavy (non-hydrogen) atoms. The molecule has 6 nitrogen and oxygen atoms in total. The van der Waals surface area contributed by atoms with Crippen LogP contribution in [0, 0.1) is 6.92 Å².